The first-order valence-corrected chi connectivity index (χ1v) is 5.13. The number of carbonyl (C=O) groups excluding carboxylic acids is 2. The molecule has 6 nitrogen and oxygen atoms in total. The maximum atomic E-state index is 11.6. The maximum Gasteiger partial charge on any atom is 0.312 e. The predicted molar refractivity (Wildman–Crippen MR) is 55.1 cm³/mol. The number of hydrogen-bond acceptors (Lipinski definition) is 4. The standard InChI is InChI=1S/C10H15N3O3/c1-10(16)3-2-6-13(7-10)9(15)8(14)12-5-4-11/h16H,2-3,5-7H2,1H3,(H,12,14). The van der Waals surface area contributed by atoms with Crippen LogP contribution in [0.5, 0.6) is 0 Å². The first-order valence-electron chi connectivity index (χ1n) is 5.13. The van der Waals surface area contributed by atoms with E-state index in [2.05, 4.69) is 5.32 Å². The molecule has 1 unspecified atom stereocenters. The van der Waals surface area contributed by atoms with Crippen LogP contribution in [0.1, 0.15) is 19.8 Å². The molecule has 2 amide bonds. The Morgan fingerprint density at radius 3 is 2.88 bits per heavy atom. The molecule has 6 heteroatoms. The molecular formula is C10H15N3O3. The summed E-state index contributed by atoms with van der Waals surface area (Å²) in [6.45, 7) is 2.08. The van der Waals surface area contributed by atoms with Crippen LogP contribution in [0.25, 0.3) is 0 Å². The molecule has 0 aromatic carbocycles. The van der Waals surface area contributed by atoms with Crippen molar-refractivity contribution >= 4 is 11.8 Å². The largest absolute Gasteiger partial charge is 0.388 e. The van der Waals surface area contributed by atoms with Gasteiger partial charge in [-0.05, 0) is 19.8 Å². The third-order valence-electron chi connectivity index (χ3n) is 2.48. The second-order valence-electron chi connectivity index (χ2n) is 4.17. The highest BCUT2D eigenvalue weighted by atomic mass is 16.3. The third kappa shape index (κ3) is 3.21. The third-order valence-corrected chi connectivity index (χ3v) is 2.48. The quantitative estimate of drug-likeness (QED) is 0.442. The normalized spacial score (nSPS) is 24.7. The van der Waals surface area contributed by atoms with Gasteiger partial charge >= 0.3 is 11.8 Å². The van der Waals surface area contributed by atoms with E-state index in [1.54, 1.807) is 13.0 Å². The molecule has 0 aromatic heterocycles. The zero-order chi connectivity index (χ0) is 12.2. The van der Waals surface area contributed by atoms with Gasteiger partial charge in [0.2, 0.25) is 0 Å². The number of nitriles is 1. The Morgan fingerprint density at radius 1 is 1.62 bits per heavy atom. The molecule has 1 saturated heterocycles. The lowest BCUT2D eigenvalue weighted by atomic mass is 9.95. The summed E-state index contributed by atoms with van der Waals surface area (Å²) in [5, 5.41) is 20.2. The highest BCUT2D eigenvalue weighted by Gasteiger charge is 2.33. The van der Waals surface area contributed by atoms with Crippen molar-refractivity contribution in [3.8, 4) is 6.07 Å². The molecule has 1 rings (SSSR count). The van der Waals surface area contributed by atoms with Gasteiger partial charge in [0.15, 0.2) is 0 Å². The molecule has 16 heavy (non-hydrogen) atoms. The van der Waals surface area contributed by atoms with E-state index in [9.17, 15) is 14.7 Å². The Balaban J connectivity index is 2.54. The van der Waals surface area contributed by atoms with Crippen molar-refractivity contribution in [2.24, 2.45) is 0 Å². The van der Waals surface area contributed by atoms with Crippen LogP contribution in [-0.2, 0) is 9.59 Å². The number of likely N-dealkylation sites (tertiary alicyclic amines) is 1. The van der Waals surface area contributed by atoms with Crippen LogP contribution in [0.4, 0.5) is 0 Å². The smallest absolute Gasteiger partial charge is 0.312 e. The van der Waals surface area contributed by atoms with Gasteiger partial charge in [-0.1, -0.05) is 0 Å². The average Bonchev–Trinajstić information content (AvgIpc) is 2.23. The first kappa shape index (κ1) is 12.5. The minimum atomic E-state index is -0.927. The van der Waals surface area contributed by atoms with E-state index < -0.39 is 17.4 Å². The SMILES string of the molecule is CC1(O)CCCN(C(=O)C(=O)NCC#N)C1. The van der Waals surface area contributed by atoms with E-state index in [1.165, 1.54) is 4.90 Å². The molecule has 0 aromatic rings. The molecule has 0 saturated carbocycles. The van der Waals surface area contributed by atoms with Crippen molar-refractivity contribution in [1.29, 1.82) is 5.26 Å². The fourth-order valence-corrected chi connectivity index (χ4v) is 1.73. The summed E-state index contributed by atoms with van der Waals surface area (Å²) in [7, 11) is 0. The topological polar surface area (TPSA) is 93.4 Å². The molecule has 0 aliphatic carbocycles. The maximum absolute atomic E-state index is 11.6. The molecule has 1 fully saturated rings. The summed E-state index contributed by atoms with van der Waals surface area (Å²) in [6.07, 6.45) is 1.29. The molecule has 1 heterocycles. The summed E-state index contributed by atoms with van der Waals surface area (Å²) in [4.78, 5) is 24.2. The van der Waals surface area contributed by atoms with Gasteiger partial charge in [-0.3, -0.25) is 9.59 Å². The second-order valence-corrected chi connectivity index (χ2v) is 4.17. The lowest BCUT2D eigenvalue weighted by molar-refractivity contribution is -0.149. The van der Waals surface area contributed by atoms with Gasteiger partial charge in [0.25, 0.3) is 0 Å². The zero-order valence-corrected chi connectivity index (χ0v) is 9.19. The highest BCUT2D eigenvalue weighted by molar-refractivity contribution is 6.35. The van der Waals surface area contributed by atoms with E-state index in [1.807, 2.05) is 0 Å². The number of amides is 2. The van der Waals surface area contributed by atoms with Crippen molar-refractivity contribution in [2.45, 2.75) is 25.4 Å². The number of nitrogens with zero attached hydrogens (tertiary/aromatic N) is 2. The summed E-state index contributed by atoms with van der Waals surface area (Å²) in [5.41, 5.74) is -0.927. The number of hydrogen-bond donors (Lipinski definition) is 2. The number of rotatable bonds is 1. The number of nitrogens with one attached hydrogen (secondary N) is 1. The van der Waals surface area contributed by atoms with Crippen molar-refractivity contribution < 1.29 is 14.7 Å². The van der Waals surface area contributed by atoms with Gasteiger partial charge in [0, 0.05) is 13.1 Å². The first-order chi connectivity index (χ1) is 7.46. The van der Waals surface area contributed by atoms with Crippen LogP contribution in [0.3, 0.4) is 0 Å². The summed E-state index contributed by atoms with van der Waals surface area (Å²) in [6, 6.07) is 1.72. The van der Waals surface area contributed by atoms with Crippen LogP contribution < -0.4 is 5.32 Å². The molecule has 1 aliphatic heterocycles. The van der Waals surface area contributed by atoms with Gasteiger partial charge in [0.1, 0.15) is 6.54 Å². The van der Waals surface area contributed by atoms with Crippen LogP contribution in [-0.4, -0.2) is 47.1 Å². The Hall–Kier alpha value is -1.61. The molecule has 0 spiro atoms. The lowest BCUT2D eigenvalue weighted by Gasteiger charge is -2.36. The second kappa shape index (κ2) is 4.94. The Morgan fingerprint density at radius 2 is 2.31 bits per heavy atom. The van der Waals surface area contributed by atoms with Crippen molar-refractivity contribution in [2.75, 3.05) is 19.6 Å². The van der Waals surface area contributed by atoms with Gasteiger partial charge in [-0.25, -0.2) is 0 Å². The molecule has 1 atom stereocenters. The highest BCUT2D eigenvalue weighted by Crippen LogP contribution is 2.20. The fraction of sp³-hybridized carbons (Fsp3) is 0.700. The lowest BCUT2D eigenvalue weighted by Crippen LogP contribution is -2.52. The van der Waals surface area contributed by atoms with E-state index in [-0.39, 0.29) is 13.1 Å². The fourth-order valence-electron chi connectivity index (χ4n) is 1.73. The minimum Gasteiger partial charge on any atom is -0.388 e. The zero-order valence-electron chi connectivity index (χ0n) is 9.19. The van der Waals surface area contributed by atoms with Gasteiger partial charge in [-0.15, -0.1) is 0 Å². The molecule has 2 N–H and O–H groups in total. The van der Waals surface area contributed by atoms with E-state index in [4.69, 9.17) is 5.26 Å². The summed E-state index contributed by atoms with van der Waals surface area (Å²) < 4.78 is 0. The number of piperidine rings is 1. The van der Waals surface area contributed by atoms with Crippen LogP contribution in [0.2, 0.25) is 0 Å². The van der Waals surface area contributed by atoms with Crippen LogP contribution >= 0.6 is 0 Å². The van der Waals surface area contributed by atoms with E-state index in [0.29, 0.717) is 19.4 Å². The number of β-amino-alcohol motifs (C(OH)–C–C–N with tert-alkyl or cyclic N) is 1. The minimum absolute atomic E-state index is 0.159. The average molecular weight is 225 g/mol. The van der Waals surface area contributed by atoms with Crippen LogP contribution in [0, 0.1) is 11.3 Å². The summed E-state index contributed by atoms with van der Waals surface area (Å²) in [5.74, 6) is -1.48. The van der Waals surface area contributed by atoms with Crippen molar-refractivity contribution in [3.05, 3.63) is 0 Å². The Labute approximate surface area is 93.8 Å². The molecule has 1 aliphatic rings. The Bertz CT molecular complexity index is 333. The van der Waals surface area contributed by atoms with Crippen molar-refractivity contribution in [1.82, 2.24) is 10.2 Å². The van der Waals surface area contributed by atoms with Gasteiger partial charge in [0.05, 0.1) is 11.7 Å². The van der Waals surface area contributed by atoms with E-state index >= 15 is 0 Å². The number of aliphatic hydroxyl groups is 1. The van der Waals surface area contributed by atoms with Crippen molar-refractivity contribution in [3.63, 3.8) is 0 Å². The number of carbonyl (C=O) groups is 2. The van der Waals surface area contributed by atoms with Crippen LogP contribution in [0.15, 0.2) is 0 Å². The Kier molecular flexibility index (Phi) is 3.85. The monoisotopic (exact) mass is 225 g/mol. The van der Waals surface area contributed by atoms with E-state index in [0.717, 1.165) is 0 Å². The van der Waals surface area contributed by atoms with Gasteiger partial charge < -0.3 is 15.3 Å². The summed E-state index contributed by atoms with van der Waals surface area (Å²) >= 11 is 0. The van der Waals surface area contributed by atoms with Gasteiger partial charge in [-0.2, -0.15) is 5.26 Å². The predicted octanol–water partition coefficient (Wildman–Crippen LogP) is -1.00. The molecular weight excluding hydrogens is 210 g/mol. The molecule has 0 radical (unpaired) electrons. The molecule has 0 bridgehead atoms. The molecule has 88 valence electrons.